The highest BCUT2D eigenvalue weighted by molar-refractivity contribution is 5.67. The van der Waals surface area contributed by atoms with E-state index < -0.39 is 5.60 Å². The van der Waals surface area contributed by atoms with Crippen LogP contribution >= 0.6 is 0 Å². The number of rotatable bonds is 4. The molecule has 0 bridgehead atoms. The summed E-state index contributed by atoms with van der Waals surface area (Å²) in [6.45, 7) is 8.88. The molecule has 0 spiro atoms. The van der Waals surface area contributed by atoms with E-state index in [1.807, 2.05) is 27.7 Å². The van der Waals surface area contributed by atoms with Gasteiger partial charge in [-0.3, -0.25) is 0 Å². The van der Waals surface area contributed by atoms with Crippen molar-refractivity contribution in [3.8, 4) is 11.8 Å². The van der Waals surface area contributed by atoms with Crippen LogP contribution in [0.25, 0.3) is 0 Å². The third kappa shape index (κ3) is 6.81. The second-order valence-corrected chi connectivity index (χ2v) is 6.34. The summed E-state index contributed by atoms with van der Waals surface area (Å²) in [5.41, 5.74) is -0.439. The van der Waals surface area contributed by atoms with Crippen LogP contribution in [0.1, 0.15) is 53.4 Å². The maximum Gasteiger partial charge on any atom is 0.407 e. The minimum Gasteiger partial charge on any atom is -0.444 e. The molecule has 0 aromatic carbocycles. The van der Waals surface area contributed by atoms with Gasteiger partial charge in [0.2, 0.25) is 0 Å². The number of amides is 1. The largest absolute Gasteiger partial charge is 0.444 e. The maximum atomic E-state index is 11.7. The third-order valence-electron chi connectivity index (χ3n) is 3.45. The van der Waals surface area contributed by atoms with Gasteiger partial charge in [-0.05, 0) is 46.5 Å². The summed E-state index contributed by atoms with van der Waals surface area (Å²) in [5, 5.41) is 6.37. The summed E-state index contributed by atoms with van der Waals surface area (Å²) < 4.78 is 5.27. The van der Waals surface area contributed by atoms with Gasteiger partial charge < -0.3 is 15.4 Å². The molecule has 0 heterocycles. The Morgan fingerprint density at radius 3 is 2.65 bits per heavy atom. The van der Waals surface area contributed by atoms with Crippen molar-refractivity contribution in [3.05, 3.63) is 0 Å². The molecule has 2 atom stereocenters. The zero-order chi connectivity index (χ0) is 15.0. The summed E-state index contributed by atoms with van der Waals surface area (Å²) in [6, 6.07) is 0.444. The van der Waals surface area contributed by atoms with Crippen molar-refractivity contribution in [1.82, 2.24) is 10.6 Å². The predicted molar refractivity (Wildman–Crippen MR) is 81.4 cm³/mol. The molecule has 1 fully saturated rings. The second kappa shape index (κ2) is 8.16. The highest BCUT2D eigenvalue weighted by Crippen LogP contribution is 2.23. The molecule has 4 nitrogen and oxygen atoms in total. The lowest BCUT2D eigenvalue weighted by Crippen LogP contribution is -2.45. The summed E-state index contributed by atoms with van der Waals surface area (Å²) in [4.78, 5) is 11.7. The van der Waals surface area contributed by atoms with Crippen LogP contribution < -0.4 is 10.6 Å². The van der Waals surface area contributed by atoms with Crippen LogP contribution in [-0.4, -0.2) is 30.8 Å². The number of ether oxygens (including phenoxy) is 1. The molecule has 114 valence electrons. The summed E-state index contributed by atoms with van der Waals surface area (Å²) in [7, 11) is 0. The Hall–Kier alpha value is -1.21. The van der Waals surface area contributed by atoms with Gasteiger partial charge in [-0.1, -0.05) is 18.8 Å². The second-order valence-electron chi connectivity index (χ2n) is 6.34. The molecule has 0 aliphatic heterocycles. The van der Waals surface area contributed by atoms with E-state index in [4.69, 9.17) is 4.74 Å². The fraction of sp³-hybridized carbons (Fsp3) is 0.812. The van der Waals surface area contributed by atoms with Crippen LogP contribution in [0.2, 0.25) is 0 Å². The molecular formula is C16H28N2O2. The van der Waals surface area contributed by atoms with Crippen LogP contribution in [0.4, 0.5) is 4.79 Å². The van der Waals surface area contributed by atoms with Gasteiger partial charge in [0, 0.05) is 12.6 Å². The van der Waals surface area contributed by atoms with E-state index >= 15 is 0 Å². The first-order valence-electron chi connectivity index (χ1n) is 7.52. The lowest BCUT2D eigenvalue weighted by Gasteiger charge is -2.32. The van der Waals surface area contributed by atoms with Gasteiger partial charge in [0.15, 0.2) is 0 Å². The van der Waals surface area contributed by atoms with Gasteiger partial charge in [0.1, 0.15) is 5.60 Å². The SMILES string of the molecule is CC#CCNC1CCCCC1CNC(=O)OC(C)(C)C. The Bertz CT molecular complexity index is 363. The van der Waals surface area contributed by atoms with Gasteiger partial charge in [-0.25, -0.2) is 4.79 Å². The van der Waals surface area contributed by atoms with Crippen LogP contribution in [0.5, 0.6) is 0 Å². The van der Waals surface area contributed by atoms with Gasteiger partial charge in [-0.15, -0.1) is 5.92 Å². The predicted octanol–water partition coefficient (Wildman–Crippen LogP) is 2.68. The van der Waals surface area contributed by atoms with E-state index in [9.17, 15) is 4.79 Å². The van der Waals surface area contributed by atoms with E-state index in [1.54, 1.807) is 0 Å². The number of carbonyl (C=O) groups is 1. The van der Waals surface area contributed by atoms with Crippen molar-refractivity contribution in [2.24, 2.45) is 5.92 Å². The van der Waals surface area contributed by atoms with Crippen molar-refractivity contribution in [2.45, 2.75) is 65.0 Å². The smallest absolute Gasteiger partial charge is 0.407 e. The Labute approximate surface area is 123 Å². The van der Waals surface area contributed by atoms with Crippen LogP contribution in [0.15, 0.2) is 0 Å². The molecule has 0 aromatic rings. The third-order valence-corrected chi connectivity index (χ3v) is 3.45. The fourth-order valence-corrected chi connectivity index (χ4v) is 2.52. The first-order valence-corrected chi connectivity index (χ1v) is 7.52. The molecule has 4 heteroatoms. The average molecular weight is 280 g/mol. The first-order chi connectivity index (χ1) is 9.42. The topological polar surface area (TPSA) is 50.4 Å². The van der Waals surface area contributed by atoms with E-state index in [0.29, 0.717) is 18.5 Å². The zero-order valence-electron chi connectivity index (χ0n) is 13.2. The van der Waals surface area contributed by atoms with Crippen LogP contribution in [0, 0.1) is 17.8 Å². The Kier molecular flexibility index (Phi) is 6.87. The molecule has 2 N–H and O–H groups in total. The molecule has 1 amide bonds. The van der Waals surface area contributed by atoms with Gasteiger partial charge in [0.25, 0.3) is 0 Å². The van der Waals surface area contributed by atoms with E-state index in [0.717, 1.165) is 19.4 Å². The summed E-state index contributed by atoms with van der Waals surface area (Å²) in [5.74, 6) is 6.40. The van der Waals surface area contributed by atoms with E-state index in [-0.39, 0.29) is 6.09 Å². The van der Waals surface area contributed by atoms with Gasteiger partial charge in [-0.2, -0.15) is 0 Å². The average Bonchev–Trinajstić information content (AvgIpc) is 2.36. The first kappa shape index (κ1) is 16.8. The highest BCUT2D eigenvalue weighted by Gasteiger charge is 2.25. The molecular weight excluding hydrogens is 252 g/mol. The van der Waals surface area contributed by atoms with Crippen molar-refractivity contribution in [1.29, 1.82) is 0 Å². The van der Waals surface area contributed by atoms with Crippen molar-refractivity contribution >= 4 is 6.09 Å². The molecule has 0 radical (unpaired) electrons. The lowest BCUT2D eigenvalue weighted by molar-refractivity contribution is 0.0511. The van der Waals surface area contributed by atoms with Gasteiger partial charge in [0.05, 0.1) is 6.54 Å². The van der Waals surface area contributed by atoms with Crippen molar-refractivity contribution in [3.63, 3.8) is 0 Å². The van der Waals surface area contributed by atoms with Crippen LogP contribution in [-0.2, 0) is 4.74 Å². The van der Waals surface area contributed by atoms with Gasteiger partial charge >= 0.3 is 6.09 Å². The molecule has 0 saturated heterocycles. The minimum atomic E-state index is -0.439. The fourth-order valence-electron chi connectivity index (χ4n) is 2.52. The molecule has 1 aliphatic carbocycles. The van der Waals surface area contributed by atoms with E-state index in [1.165, 1.54) is 12.8 Å². The molecule has 1 aliphatic rings. The number of hydrogen-bond donors (Lipinski definition) is 2. The normalized spacial score (nSPS) is 22.6. The minimum absolute atomic E-state index is 0.324. The van der Waals surface area contributed by atoms with Crippen molar-refractivity contribution in [2.75, 3.05) is 13.1 Å². The van der Waals surface area contributed by atoms with Crippen LogP contribution in [0.3, 0.4) is 0 Å². The maximum absolute atomic E-state index is 11.7. The number of hydrogen-bond acceptors (Lipinski definition) is 3. The van der Waals surface area contributed by atoms with Crippen molar-refractivity contribution < 1.29 is 9.53 Å². The summed E-state index contributed by atoms with van der Waals surface area (Å²) >= 11 is 0. The Morgan fingerprint density at radius 1 is 1.30 bits per heavy atom. The molecule has 1 rings (SSSR count). The number of carbonyl (C=O) groups excluding carboxylic acids is 1. The molecule has 1 saturated carbocycles. The molecule has 20 heavy (non-hydrogen) atoms. The molecule has 2 unspecified atom stereocenters. The Balaban J connectivity index is 2.37. The van der Waals surface area contributed by atoms with E-state index in [2.05, 4.69) is 22.5 Å². The monoisotopic (exact) mass is 280 g/mol. The number of alkyl carbamates (subject to hydrolysis) is 1. The highest BCUT2D eigenvalue weighted by atomic mass is 16.6. The lowest BCUT2D eigenvalue weighted by atomic mass is 9.84. The quantitative estimate of drug-likeness (QED) is 0.778. The number of nitrogens with one attached hydrogen (secondary N) is 2. The standard InChI is InChI=1S/C16H28N2O2/c1-5-6-11-17-14-10-8-7-9-13(14)12-18-15(19)20-16(2,3)4/h13-14,17H,7-12H2,1-4H3,(H,18,19). The summed E-state index contributed by atoms with van der Waals surface area (Å²) in [6.07, 6.45) is 4.47. The Morgan fingerprint density at radius 2 is 2.00 bits per heavy atom. The molecule has 0 aromatic heterocycles. The zero-order valence-corrected chi connectivity index (χ0v) is 13.2.